The first kappa shape index (κ1) is 15.3. The molecule has 0 radical (unpaired) electrons. The number of nitrogens with zero attached hydrogens (tertiary/aromatic N) is 1. The van der Waals surface area contributed by atoms with Crippen LogP contribution in [-0.4, -0.2) is 30.1 Å². The highest BCUT2D eigenvalue weighted by atomic mass is 15.2. The minimum Gasteiger partial charge on any atom is -0.328 e. The van der Waals surface area contributed by atoms with Crippen LogP contribution < -0.4 is 5.73 Å². The van der Waals surface area contributed by atoms with Crippen molar-refractivity contribution in [2.24, 2.45) is 11.7 Å². The second kappa shape index (κ2) is 8.26. The summed E-state index contributed by atoms with van der Waals surface area (Å²) >= 11 is 0. The van der Waals surface area contributed by atoms with Gasteiger partial charge in [0, 0.05) is 18.6 Å². The summed E-state index contributed by atoms with van der Waals surface area (Å²) in [6, 6.07) is 1.32. The number of nitrogens with two attached hydrogens (primary N) is 1. The van der Waals surface area contributed by atoms with E-state index in [0.29, 0.717) is 6.04 Å². The summed E-state index contributed by atoms with van der Waals surface area (Å²) in [7, 11) is 0. The van der Waals surface area contributed by atoms with E-state index in [9.17, 15) is 0 Å². The SMILES string of the molecule is CCCN(CC1CCCCCC1)C1CCC(N)CC1. The third-order valence-electron chi connectivity index (χ3n) is 5.24. The van der Waals surface area contributed by atoms with E-state index in [4.69, 9.17) is 5.73 Å². The van der Waals surface area contributed by atoms with Gasteiger partial charge in [0.15, 0.2) is 0 Å². The number of hydrogen-bond donors (Lipinski definition) is 1. The van der Waals surface area contributed by atoms with Crippen LogP contribution in [0.15, 0.2) is 0 Å². The van der Waals surface area contributed by atoms with Crippen LogP contribution >= 0.6 is 0 Å². The molecular formula is C17H34N2. The summed E-state index contributed by atoms with van der Waals surface area (Å²) in [6.45, 7) is 5.00. The second-order valence-electron chi connectivity index (χ2n) is 6.92. The lowest BCUT2D eigenvalue weighted by molar-refractivity contribution is 0.123. The molecule has 19 heavy (non-hydrogen) atoms. The molecule has 112 valence electrons. The van der Waals surface area contributed by atoms with Crippen molar-refractivity contribution in [3.05, 3.63) is 0 Å². The lowest BCUT2D eigenvalue weighted by Crippen LogP contribution is -2.43. The van der Waals surface area contributed by atoms with Crippen LogP contribution in [0.5, 0.6) is 0 Å². The summed E-state index contributed by atoms with van der Waals surface area (Å²) < 4.78 is 0. The van der Waals surface area contributed by atoms with Crippen molar-refractivity contribution in [3.63, 3.8) is 0 Å². The van der Waals surface area contributed by atoms with Crippen molar-refractivity contribution < 1.29 is 0 Å². The van der Waals surface area contributed by atoms with Crippen LogP contribution in [0, 0.1) is 5.92 Å². The highest BCUT2D eigenvalue weighted by Crippen LogP contribution is 2.27. The van der Waals surface area contributed by atoms with Gasteiger partial charge >= 0.3 is 0 Å². The van der Waals surface area contributed by atoms with Gasteiger partial charge in [0.1, 0.15) is 0 Å². The number of rotatable bonds is 5. The predicted octanol–water partition coefficient (Wildman–Crippen LogP) is 3.94. The van der Waals surface area contributed by atoms with E-state index in [1.165, 1.54) is 83.7 Å². The second-order valence-corrected chi connectivity index (χ2v) is 6.92. The smallest absolute Gasteiger partial charge is 0.00965 e. The molecule has 0 spiro atoms. The van der Waals surface area contributed by atoms with Gasteiger partial charge in [-0.25, -0.2) is 0 Å². The first-order chi connectivity index (χ1) is 9.29. The molecule has 0 aromatic rings. The van der Waals surface area contributed by atoms with Gasteiger partial charge < -0.3 is 10.6 Å². The fourth-order valence-electron chi connectivity index (χ4n) is 4.06. The van der Waals surface area contributed by atoms with Gasteiger partial charge in [-0.15, -0.1) is 0 Å². The molecular weight excluding hydrogens is 232 g/mol. The van der Waals surface area contributed by atoms with Gasteiger partial charge in [-0.1, -0.05) is 32.6 Å². The van der Waals surface area contributed by atoms with Crippen LogP contribution in [0.3, 0.4) is 0 Å². The fourth-order valence-corrected chi connectivity index (χ4v) is 4.06. The van der Waals surface area contributed by atoms with Crippen molar-refractivity contribution in [3.8, 4) is 0 Å². The van der Waals surface area contributed by atoms with E-state index in [-0.39, 0.29) is 0 Å². The first-order valence-electron chi connectivity index (χ1n) is 8.79. The van der Waals surface area contributed by atoms with E-state index in [0.717, 1.165) is 12.0 Å². The molecule has 2 saturated carbocycles. The maximum atomic E-state index is 6.06. The molecule has 0 atom stereocenters. The van der Waals surface area contributed by atoms with Gasteiger partial charge in [0.25, 0.3) is 0 Å². The molecule has 2 rings (SSSR count). The van der Waals surface area contributed by atoms with E-state index < -0.39 is 0 Å². The van der Waals surface area contributed by atoms with Gasteiger partial charge in [-0.05, 0) is 57.4 Å². The van der Waals surface area contributed by atoms with Crippen LogP contribution in [-0.2, 0) is 0 Å². The Balaban J connectivity index is 1.83. The van der Waals surface area contributed by atoms with Crippen LogP contribution in [0.25, 0.3) is 0 Å². The minimum atomic E-state index is 0.484. The zero-order chi connectivity index (χ0) is 13.5. The normalized spacial score (nSPS) is 30.5. The molecule has 0 bridgehead atoms. The van der Waals surface area contributed by atoms with Crippen molar-refractivity contribution >= 4 is 0 Å². The molecule has 2 N–H and O–H groups in total. The summed E-state index contributed by atoms with van der Waals surface area (Å²) in [5.74, 6) is 0.977. The van der Waals surface area contributed by atoms with E-state index in [2.05, 4.69) is 11.8 Å². The van der Waals surface area contributed by atoms with Crippen LogP contribution in [0.4, 0.5) is 0 Å². The van der Waals surface area contributed by atoms with E-state index in [1.807, 2.05) is 0 Å². The van der Waals surface area contributed by atoms with Gasteiger partial charge in [-0.3, -0.25) is 0 Å². The Hall–Kier alpha value is -0.0800. The van der Waals surface area contributed by atoms with Gasteiger partial charge in [-0.2, -0.15) is 0 Å². The Morgan fingerprint density at radius 2 is 1.53 bits per heavy atom. The number of hydrogen-bond acceptors (Lipinski definition) is 2. The van der Waals surface area contributed by atoms with Crippen LogP contribution in [0.1, 0.15) is 77.6 Å². The summed E-state index contributed by atoms with van der Waals surface area (Å²) in [5.41, 5.74) is 6.06. The molecule has 2 aliphatic rings. The third kappa shape index (κ3) is 5.07. The molecule has 0 heterocycles. The molecule has 0 saturated heterocycles. The van der Waals surface area contributed by atoms with E-state index in [1.54, 1.807) is 0 Å². The monoisotopic (exact) mass is 266 g/mol. The van der Waals surface area contributed by atoms with E-state index >= 15 is 0 Å². The standard InChI is InChI=1S/C17H34N2/c1-2-13-19(17-11-9-16(18)10-12-17)14-15-7-5-3-4-6-8-15/h15-17H,2-14,18H2,1H3. The Bertz CT molecular complexity index is 225. The zero-order valence-corrected chi connectivity index (χ0v) is 12.9. The molecule has 2 fully saturated rings. The first-order valence-corrected chi connectivity index (χ1v) is 8.79. The van der Waals surface area contributed by atoms with Gasteiger partial charge in [0.05, 0.1) is 0 Å². The maximum Gasteiger partial charge on any atom is 0.00965 e. The van der Waals surface area contributed by atoms with Crippen molar-refractivity contribution in [1.82, 2.24) is 4.90 Å². The molecule has 2 heteroatoms. The Labute approximate surface area is 120 Å². The predicted molar refractivity (Wildman–Crippen MR) is 83.3 cm³/mol. The Kier molecular flexibility index (Phi) is 6.66. The van der Waals surface area contributed by atoms with Crippen molar-refractivity contribution in [2.45, 2.75) is 89.6 Å². The lowest BCUT2D eigenvalue weighted by Gasteiger charge is -2.38. The Morgan fingerprint density at radius 3 is 2.11 bits per heavy atom. The summed E-state index contributed by atoms with van der Waals surface area (Å²) in [5, 5.41) is 0. The molecule has 0 aromatic heterocycles. The van der Waals surface area contributed by atoms with Crippen molar-refractivity contribution in [1.29, 1.82) is 0 Å². The highest BCUT2D eigenvalue weighted by molar-refractivity contribution is 4.82. The van der Waals surface area contributed by atoms with Crippen molar-refractivity contribution in [2.75, 3.05) is 13.1 Å². The molecule has 2 nitrogen and oxygen atoms in total. The molecule has 0 unspecified atom stereocenters. The fraction of sp³-hybridized carbons (Fsp3) is 1.00. The molecule has 0 aromatic carbocycles. The summed E-state index contributed by atoms with van der Waals surface area (Å²) in [6.07, 6.45) is 15.3. The lowest BCUT2D eigenvalue weighted by atomic mass is 9.89. The Morgan fingerprint density at radius 1 is 0.895 bits per heavy atom. The maximum absolute atomic E-state index is 6.06. The largest absolute Gasteiger partial charge is 0.328 e. The minimum absolute atomic E-state index is 0.484. The summed E-state index contributed by atoms with van der Waals surface area (Å²) in [4.78, 5) is 2.82. The average molecular weight is 266 g/mol. The van der Waals surface area contributed by atoms with Gasteiger partial charge in [0.2, 0.25) is 0 Å². The topological polar surface area (TPSA) is 29.3 Å². The zero-order valence-electron chi connectivity index (χ0n) is 12.9. The molecule has 0 amide bonds. The molecule has 2 aliphatic carbocycles. The van der Waals surface area contributed by atoms with Crippen LogP contribution in [0.2, 0.25) is 0 Å². The highest BCUT2D eigenvalue weighted by Gasteiger charge is 2.25. The molecule has 0 aliphatic heterocycles. The third-order valence-corrected chi connectivity index (χ3v) is 5.24. The average Bonchev–Trinajstić information content (AvgIpc) is 2.68. The quantitative estimate of drug-likeness (QED) is 0.764.